The normalized spacial score (nSPS) is 25.4. The van der Waals surface area contributed by atoms with E-state index in [1.807, 2.05) is 25.1 Å². The standard InChI is InChI=1S/C17H25ClN2O/c1-4-17(21)20-14-7-8-15(18)16(10-14)19-13-6-5-11(2)12(3)9-13/h7-8,10-13,19H,4-6,9H2,1-3H3,(H,20,21). The maximum absolute atomic E-state index is 11.5. The van der Waals surface area contributed by atoms with E-state index < -0.39 is 0 Å². The molecule has 2 N–H and O–H groups in total. The number of benzene rings is 1. The lowest BCUT2D eigenvalue weighted by atomic mass is 9.79. The fraction of sp³-hybridized carbons (Fsp3) is 0.588. The Hall–Kier alpha value is -1.22. The van der Waals surface area contributed by atoms with Crippen LogP contribution in [0.2, 0.25) is 5.02 Å². The quantitative estimate of drug-likeness (QED) is 0.828. The van der Waals surface area contributed by atoms with Gasteiger partial charge >= 0.3 is 0 Å². The Morgan fingerprint density at radius 2 is 2.05 bits per heavy atom. The van der Waals surface area contributed by atoms with Gasteiger partial charge < -0.3 is 10.6 Å². The Morgan fingerprint density at radius 3 is 2.71 bits per heavy atom. The number of anilines is 2. The van der Waals surface area contributed by atoms with E-state index in [9.17, 15) is 4.79 Å². The number of hydrogen-bond acceptors (Lipinski definition) is 2. The third-order valence-corrected chi connectivity index (χ3v) is 4.86. The molecule has 3 unspecified atom stereocenters. The predicted molar refractivity (Wildman–Crippen MR) is 90.0 cm³/mol. The van der Waals surface area contributed by atoms with Crippen LogP contribution in [0.15, 0.2) is 18.2 Å². The van der Waals surface area contributed by atoms with E-state index in [1.165, 1.54) is 19.3 Å². The van der Waals surface area contributed by atoms with Gasteiger partial charge in [0.1, 0.15) is 0 Å². The van der Waals surface area contributed by atoms with Crippen molar-refractivity contribution >= 4 is 28.9 Å². The summed E-state index contributed by atoms with van der Waals surface area (Å²) in [4.78, 5) is 11.5. The average Bonchev–Trinajstić information content (AvgIpc) is 2.46. The molecule has 0 aliphatic heterocycles. The molecule has 1 fully saturated rings. The van der Waals surface area contributed by atoms with Crippen LogP contribution in [0.1, 0.15) is 46.5 Å². The monoisotopic (exact) mass is 308 g/mol. The molecule has 1 amide bonds. The fourth-order valence-electron chi connectivity index (χ4n) is 2.86. The highest BCUT2D eigenvalue weighted by molar-refractivity contribution is 6.33. The molecule has 1 aromatic rings. The van der Waals surface area contributed by atoms with Gasteiger partial charge in [-0.1, -0.05) is 32.4 Å². The SMILES string of the molecule is CCC(=O)Nc1ccc(Cl)c(NC2CCC(C)C(C)C2)c1. The second kappa shape index (κ2) is 7.17. The molecule has 0 heterocycles. The number of amides is 1. The molecule has 0 radical (unpaired) electrons. The van der Waals surface area contributed by atoms with Crippen molar-refractivity contribution in [2.75, 3.05) is 10.6 Å². The summed E-state index contributed by atoms with van der Waals surface area (Å²) in [6.45, 7) is 6.49. The molecule has 1 saturated carbocycles. The molecular formula is C17H25ClN2O. The first-order chi connectivity index (χ1) is 9.99. The molecule has 0 aromatic heterocycles. The highest BCUT2D eigenvalue weighted by atomic mass is 35.5. The van der Waals surface area contributed by atoms with Crippen molar-refractivity contribution in [3.63, 3.8) is 0 Å². The van der Waals surface area contributed by atoms with Gasteiger partial charge in [0.15, 0.2) is 0 Å². The Kier molecular flexibility index (Phi) is 5.51. The summed E-state index contributed by atoms with van der Waals surface area (Å²) in [6, 6.07) is 6.07. The molecular weight excluding hydrogens is 284 g/mol. The van der Waals surface area contributed by atoms with Crippen molar-refractivity contribution in [1.82, 2.24) is 0 Å². The zero-order valence-corrected chi connectivity index (χ0v) is 13.8. The van der Waals surface area contributed by atoms with Crippen molar-refractivity contribution in [3.05, 3.63) is 23.2 Å². The topological polar surface area (TPSA) is 41.1 Å². The van der Waals surface area contributed by atoms with Crippen LogP contribution in [-0.2, 0) is 4.79 Å². The second-order valence-electron chi connectivity index (χ2n) is 6.21. The summed E-state index contributed by atoms with van der Waals surface area (Å²) in [5.41, 5.74) is 1.71. The average molecular weight is 309 g/mol. The number of halogens is 1. The van der Waals surface area contributed by atoms with Crippen LogP contribution < -0.4 is 10.6 Å². The van der Waals surface area contributed by atoms with E-state index in [0.717, 1.165) is 23.2 Å². The van der Waals surface area contributed by atoms with Crippen molar-refractivity contribution in [3.8, 4) is 0 Å². The van der Waals surface area contributed by atoms with Crippen LogP contribution in [0.4, 0.5) is 11.4 Å². The number of carbonyl (C=O) groups is 1. The van der Waals surface area contributed by atoms with Gasteiger partial charge in [-0.25, -0.2) is 0 Å². The minimum absolute atomic E-state index is 0.0170. The van der Waals surface area contributed by atoms with Crippen LogP contribution in [0, 0.1) is 11.8 Å². The van der Waals surface area contributed by atoms with Gasteiger partial charge in [-0.15, -0.1) is 0 Å². The van der Waals surface area contributed by atoms with E-state index in [-0.39, 0.29) is 5.91 Å². The first-order valence-electron chi connectivity index (χ1n) is 7.85. The summed E-state index contributed by atoms with van der Waals surface area (Å²) in [6.07, 6.45) is 4.07. The summed E-state index contributed by atoms with van der Waals surface area (Å²) in [7, 11) is 0. The Balaban J connectivity index is 2.05. The Labute approximate surface area is 132 Å². The molecule has 0 saturated heterocycles. The van der Waals surface area contributed by atoms with E-state index in [2.05, 4.69) is 24.5 Å². The lowest BCUT2D eigenvalue weighted by Gasteiger charge is -2.33. The first-order valence-corrected chi connectivity index (χ1v) is 8.23. The molecule has 0 spiro atoms. The molecule has 0 bridgehead atoms. The molecule has 3 atom stereocenters. The largest absolute Gasteiger partial charge is 0.381 e. The van der Waals surface area contributed by atoms with Gasteiger partial charge in [0.25, 0.3) is 0 Å². The van der Waals surface area contributed by atoms with Crippen LogP contribution in [0.3, 0.4) is 0 Å². The minimum atomic E-state index is 0.0170. The summed E-state index contributed by atoms with van der Waals surface area (Å²) >= 11 is 6.28. The molecule has 1 aromatic carbocycles. The Bertz CT molecular complexity index is 504. The van der Waals surface area contributed by atoms with E-state index in [1.54, 1.807) is 0 Å². The fourth-order valence-corrected chi connectivity index (χ4v) is 3.03. The molecule has 21 heavy (non-hydrogen) atoms. The molecule has 1 aliphatic rings. The van der Waals surface area contributed by atoms with Crippen molar-refractivity contribution in [2.24, 2.45) is 11.8 Å². The second-order valence-corrected chi connectivity index (χ2v) is 6.61. The van der Waals surface area contributed by atoms with Gasteiger partial charge in [0.05, 0.1) is 10.7 Å². The van der Waals surface area contributed by atoms with E-state index in [0.29, 0.717) is 17.5 Å². The molecule has 3 nitrogen and oxygen atoms in total. The Morgan fingerprint density at radius 1 is 1.29 bits per heavy atom. The van der Waals surface area contributed by atoms with Gasteiger partial charge in [-0.05, 0) is 49.3 Å². The van der Waals surface area contributed by atoms with Crippen LogP contribution in [-0.4, -0.2) is 11.9 Å². The third kappa shape index (κ3) is 4.37. The molecule has 116 valence electrons. The first kappa shape index (κ1) is 16.2. The number of nitrogens with one attached hydrogen (secondary N) is 2. The van der Waals surface area contributed by atoms with Gasteiger partial charge in [0.2, 0.25) is 5.91 Å². The van der Waals surface area contributed by atoms with E-state index in [4.69, 9.17) is 11.6 Å². The summed E-state index contributed by atoms with van der Waals surface area (Å²) in [5, 5.41) is 7.13. The number of rotatable bonds is 4. The lowest BCUT2D eigenvalue weighted by molar-refractivity contribution is -0.115. The molecule has 4 heteroatoms. The summed E-state index contributed by atoms with van der Waals surface area (Å²) < 4.78 is 0. The van der Waals surface area contributed by atoms with Gasteiger partial charge in [-0.3, -0.25) is 4.79 Å². The lowest BCUT2D eigenvalue weighted by Crippen LogP contribution is -2.30. The predicted octanol–water partition coefficient (Wildman–Crippen LogP) is 4.93. The summed E-state index contributed by atoms with van der Waals surface area (Å²) in [5.74, 6) is 1.55. The van der Waals surface area contributed by atoms with Crippen molar-refractivity contribution in [2.45, 2.75) is 52.5 Å². The smallest absolute Gasteiger partial charge is 0.224 e. The zero-order chi connectivity index (χ0) is 15.4. The third-order valence-electron chi connectivity index (χ3n) is 4.53. The van der Waals surface area contributed by atoms with Crippen LogP contribution in [0.25, 0.3) is 0 Å². The van der Waals surface area contributed by atoms with Crippen molar-refractivity contribution < 1.29 is 4.79 Å². The number of hydrogen-bond donors (Lipinski definition) is 2. The van der Waals surface area contributed by atoms with Crippen molar-refractivity contribution in [1.29, 1.82) is 0 Å². The van der Waals surface area contributed by atoms with E-state index >= 15 is 0 Å². The minimum Gasteiger partial charge on any atom is -0.381 e. The highest BCUT2D eigenvalue weighted by Gasteiger charge is 2.24. The maximum atomic E-state index is 11.5. The van der Waals surface area contributed by atoms with Crippen LogP contribution >= 0.6 is 11.6 Å². The maximum Gasteiger partial charge on any atom is 0.224 e. The highest BCUT2D eigenvalue weighted by Crippen LogP contribution is 2.33. The number of carbonyl (C=O) groups excluding carboxylic acids is 1. The molecule has 1 aliphatic carbocycles. The molecule has 2 rings (SSSR count). The van der Waals surface area contributed by atoms with Crippen LogP contribution in [0.5, 0.6) is 0 Å². The van der Waals surface area contributed by atoms with Gasteiger partial charge in [-0.2, -0.15) is 0 Å². The van der Waals surface area contributed by atoms with Gasteiger partial charge in [0, 0.05) is 18.2 Å². The zero-order valence-electron chi connectivity index (χ0n) is 13.1.